The largest absolute Gasteiger partial charge is 0.310 e. The van der Waals surface area contributed by atoms with Crippen LogP contribution in [0.5, 0.6) is 0 Å². The average molecular weight is 1860 g/mol. The molecule has 0 aliphatic heterocycles. The van der Waals surface area contributed by atoms with Crippen LogP contribution in [0.2, 0.25) is 0 Å². The van der Waals surface area contributed by atoms with E-state index in [0.717, 1.165) is 107 Å². The topological polar surface area (TPSA) is 16.3 Å². The van der Waals surface area contributed by atoms with Crippen LogP contribution in [-0.4, -0.2) is 9.13 Å². The van der Waals surface area contributed by atoms with Gasteiger partial charge in [-0.05, 0) is 306 Å². The highest BCUT2D eigenvalue weighted by Crippen LogP contribution is 2.61. The van der Waals surface area contributed by atoms with Crippen molar-refractivity contribution in [2.75, 3.05) is 9.80 Å². The Bertz CT molecular complexity index is 9480. The summed E-state index contributed by atoms with van der Waals surface area (Å²) < 4.78 is 4.89. The van der Waals surface area contributed by atoms with Gasteiger partial charge < -0.3 is 18.9 Å². The van der Waals surface area contributed by atoms with Crippen LogP contribution in [-0.2, 0) is 10.8 Å². The van der Waals surface area contributed by atoms with Crippen molar-refractivity contribution in [1.82, 2.24) is 9.13 Å². The lowest BCUT2D eigenvalue weighted by Crippen LogP contribution is -2.28. The van der Waals surface area contributed by atoms with Gasteiger partial charge in [-0.3, -0.25) is 0 Å². The summed E-state index contributed by atoms with van der Waals surface area (Å²) in [6, 6.07) is 213. The number of hydrogen-bond donors (Lipinski definition) is 0. The number of para-hydroxylation sites is 1. The van der Waals surface area contributed by atoms with Crippen molar-refractivity contribution in [1.29, 1.82) is 0 Å². The Kier molecular flexibility index (Phi) is 20.4. The second-order valence-electron chi connectivity index (χ2n) is 38.9. The van der Waals surface area contributed by atoms with Crippen molar-refractivity contribution in [3.63, 3.8) is 0 Å². The predicted octanol–water partition coefficient (Wildman–Crippen LogP) is 37.5. The Morgan fingerprint density at radius 2 is 0.473 bits per heavy atom. The first kappa shape index (κ1) is 85.0. The van der Waals surface area contributed by atoms with E-state index in [1.165, 1.54) is 149 Å². The number of nitrogens with zero attached hydrogens (tertiary/aromatic N) is 4. The SMILES string of the molecule is c1ccc(-c2ccc(-n3c4ccccc4c4cc(-c5cccc(-c6ccc(N(c7ccc8c(c7)C(c7ccccc7)(c7ccccc7)c7ccc(-c9ccc%10c%11cc(-c%12cccc(-c%13ccc(N(c%14ccc%15c(c%14)C(c%14ccccc%14)(c%14ccccc%14)c%14ccccc%14-%15)c%14ccc%15ccccc%15c%14)cc%13)c%12)ccc%11n(-c%11ccc(-c%12ccccc%12)cc%11)c%10c9)cc7-8)c7cccc8ccccc78)cc6)c5)ccc43)cc2)cc1. The minimum Gasteiger partial charge on any atom is -0.310 e. The molecule has 0 saturated carbocycles. The fraction of sp³-hybridized carbons (Fsp3) is 0.0141. The van der Waals surface area contributed by atoms with E-state index in [4.69, 9.17) is 0 Å². The Morgan fingerprint density at radius 3 is 1.03 bits per heavy atom. The zero-order valence-corrected chi connectivity index (χ0v) is 80.1. The van der Waals surface area contributed by atoms with Crippen LogP contribution in [0, 0.1) is 0 Å². The molecule has 24 aromatic carbocycles. The van der Waals surface area contributed by atoms with Crippen molar-refractivity contribution >= 4 is 99.3 Å². The van der Waals surface area contributed by atoms with Gasteiger partial charge in [-0.25, -0.2) is 0 Å². The van der Waals surface area contributed by atoms with E-state index in [1.807, 2.05) is 0 Å². The van der Waals surface area contributed by atoms with Crippen LogP contribution in [0.25, 0.3) is 177 Å². The fourth-order valence-electron chi connectivity index (χ4n) is 24.3. The third kappa shape index (κ3) is 14.0. The Hall–Kier alpha value is -19.0. The molecule has 4 nitrogen and oxygen atoms in total. The van der Waals surface area contributed by atoms with Crippen LogP contribution < -0.4 is 9.80 Å². The van der Waals surface area contributed by atoms with E-state index in [-0.39, 0.29) is 0 Å². The van der Waals surface area contributed by atoms with Crippen LogP contribution in [0.1, 0.15) is 44.5 Å². The molecule has 2 aliphatic carbocycles. The van der Waals surface area contributed by atoms with Crippen molar-refractivity contribution in [2.45, 2.75) is 10.8 Å². The normalized spacial score (nSPS) is 12.6. The average Bonchev–Trinajstić information content (AvgIpc) is 1.53. The molecule has 0 unspecified atom stereocenters. The molecule has 0 fully saturated rings. The molecule has 146 heavy (non-hydrogen) atoms. The monoisotopic (exact) mass is 1850 g/mol. The number of aromatic nitrogens is 2. The molecule has 682 valence electrons. The summed E-state index contributed by atoms with van der Waals surface area (Å²) >= 11 is 0. The van der Waals surface area contributed by atoms with E-state index in [2.05, 4.69) is 589 Å². The first-order valence-corrected chi connectivity index (χ1v) is 50.5. The lowest BCUT2D eigenvalue weighted by atomic mass is 9.67. The molecule has 2 aromatic heterocycles. The van der Waals surface area contributed by atoms with Crippen LogP contribution >= 0.6 is 0 Å². The van der Waals surface area contributed by atoms with Gasteiger partial charge in [-0.2, -0.15) is 0 Å². The molecule has 28 rings (SSSR count). The van der Waals surface area contributed by atoms with Crippen LogP contribution in [0.3, 0.4) is 0 Å². The highest BCUT2D eigenvalue weighted by Gasteiger charge is 2.49. The molecule has 0 saturated heterocycles. The molecule has 0 radical (unpaired) electrons. The highest BCUT2D eigenvalue weighted by atomic mass is 15.2. The lowest BCUT2D eigenvalue weighted by molar-refractivity contribution is 0.768. The summed E-state index contributed by atoms with van der Waals surface area (Å²) in [6.07, 6.45) is 0. The zero-order chi connectivity index (χ0) is 96.3. The first-order chi connectivity index (χ1) is 72.4. The highest BCUT2D eigenvalue weighted by molar-refractivity contribution is 6.13. The molecular weight excluding hydrogens is 1760 g/mol. The van der Waals surface area contributed by atoms with Gasteiger partial charge in [0, 0.05) is 66.7 Å². The third-order valence-corrected chi connectivity index (χ3v) is 31.0. The molecule has 2 heterocycles. The van der Waals surface area contributed by atoms with Gasteiger partial charge in [-0.15, -0.1) is 0 Å². The van der Waals surface area contributed by atoms with Gasteiger partial charge in [-0.1, -0.05) is 425 Å². The Balaban J connectivity index is 0.535. The summed E-state index contributed by atoms with van der Waals surface area (Å²) in [7, 11) is 0. The Labute approximate surface area is 849 Å². The van der Waals surface area contributed by atoms with E-state index in [9.17, 15) is 0 Å². The molecule has 0 amide bonds. The van der Waals surface area contributed by atoms with Crippen molar-refractivity contribution < 1.29 is 0 Å². The summed E-state index contributed by atoms with van der Waals surface area (Å²) in [5.41, 5.74) is 43.1. The van der Waals surface area contributed by atoms with Crippen molar-refractivity contribution in [3.8, 4) is 112 Å². The molecule has 2 aliphatic rings. The maximum atomic E-state index is 2.51. The van der Waals surface area contributed by atoms with Gasteiger partial charge in [0.15, 0.2) is 0 Å². The third-order valence-electron chi connectivity index (χ3n) is 31.0. The zero-order valence-electron chi connectivity index (χ0n) is 80.1. The van der Waals surface area contributed by atoms with E-state index < -0.39 is 10.8 Å². The van der Waals surface area contributed by atoms with E-state index in [1.54, 1.807) is 0 Å². The second kappa shape index (κ2) is 35.1. The van der Waals surface area contributed by atoms with Crippen molar-refractivity contribution in [2.24, 2.45) is 0 Å². The molecule has 0 atom stereocenters. The standard InChI is InChI=1S/C142H94N4/c1-7-30-95(31-8-1)98-56-73-118(74-57-98)145-137-54-26-24-52-127(137)130-90-109(67-84-138(130)145)105-40-28-39-104(87-105)101-62-71-117(72-63-101)144(136-55-29-37-102-35-21-22-50-123(102)136)122-79-82-126-129-89-108(66-83-133(129)142(135(126)94-122,114-46-15-5-16-47-114)115-48-17-6-18-49-115)111-65-80-128-131-91-110(68-85-139(131)146(140(128)92-111)119-75-58-99(59-76-119)96-32-9-2-10-33-96)106-41-27-38-103(86-106)100-60-69-116(70-61-100)143(120-77-64-97-34-19-20-36-107(97)88-120)121-78-81-125-124-51-23-25-53-132(124)141(134(125)93-121,112-42-11-3-12-43-112)113-44-13-4-14-45-113/h1-94H. The maximum absolute atomic E-state index is 2.51. The van der Waals surface area contributed by atoms with Gasteiger partial charge in [0.25, 0.3) is 0 Å². The van der Waals surface area contributed by atoms with E-state index in [0.29, 0.717) is 0 Å². The van der Waals surface area contributed by atoms with Gasteiger partial charge in [0.2, 0.25) is 0 Å². The molecule has 4 heteroatoms. The molecule has 26 aromatic rings. The number of anilines is 6. The van der Waals surface area contributed by atoms with Gasteiger partial charge in [0.1, 0.15) is 0 Å². The summed E-state index contributed by atoms with van der Waals surface area (Å²) in [5.74, 6) is 0. The Morgan fingerprint density at radius 1 is 0.144 bits per heavy atom. The minimum absolute atomic E-state index is 0.559. The van der Waals surface area contributed by atoms with E-state index >= 15 is 0 Å². The summed E-state index contributed by atoms with van der Waals surface area (Å²) in [6.45, 7) is 0. The number of benzene rings is 24. The summed E-state index contributed by atoms with van der Waals surface area (Å²) in [4.78, 5) is 4.93. The fourth-order valence-corrected chi connectivity index (χ4v) is 24.3. The van der Waals surface area contributed by atoms with Crippen LogP contribution in [0.4, 0.5) is 34.1 Å². The molecule has 0 bridgehead atoms. The molecular formula is C142H94N4. The molecule has 0 N–H and O–H groups in total. The van der Waals surface area contributed by atoms with Gasteiger partial charge >= 0.3 is 0 Å². The smallest absolute Gasteiger partial charge is 0.0714 e. The summed E-state index contributed by atoms with van der Waals surface area (Å²) in [5, 5.41) is 9.54. The number of fused-ring (bicyclic) bond motifs is 14. The molecule has 0 spiro atoms. The van der Waals surface area contributed by atoms with Gasteiger partial charge in [0.05, 0.1) is 38.6 Å². The van der Waals surface area contributed by atoms with Crippen molar-refractivity contribution in [3.05, 3.63) is 615 Å². The number of rotatable bonds is 19. The number of hydrogen-bond acceptors (Lipinski definition) is 2. The quantitative estimate of drug-likeness (QED) is 0.0802. The van der Waals surface area contributed by atoms with Crippen LogP contribution in [0.15, 0.2) is 570 Å². The lowest BCUT2D eigenvalue weighted by Gasteiger charge is -2.35. The maximum Gasteiger partial charge on any atom is 0.0714 e. The first-order valence-electron chi connectivity index (χ1n) is 50.5. The second-order valence-corrected chi connectivity index (χ2v) is 38.9. The predicted molar refractivity (Wildman–Crippen MR) is 612 cm³/mol. The minimum atomic E-state index is -0.719.